The summed E-state index contributed by atoms with van der Waals surface area (Å²) in [5.41, 5.74) is 1.06. The van der Waals surface area contributed by atoms with Gasteiger partial charge in [-0.3, -0.25) is 0 Å². The van der Waals surface area contributed by atoms with Crippen LogP contribution in [-0.4, -0.2) is 16.5 Å². The molecule has 0 aliphatic rings. The molecule has 18 heavy (non-hydrogen) atoms. The van der Waals surface area contributed by atoms with Gasteiger partial charge < -0.3 is 5.32 Å². The van der Waals surface area contributed by atoms with Crippen LogP contribution in [0.25, 0.3) is 0 Å². The summed E-state index contributed by atoms with van der Waals surface area (Å²) in [5.74, 6) is 0.822. The van der Waals surface area contributed by atoms with Gasteiger partial charge in [-0.25, -0.2) is 9.97 Å². The number of nitrogens with zero attached hydrogens (tertiary/aromatic N) is 2. The molecular weight excluding hydrogens is 310 g/mol. The van der Waals surface area contributed by atoms with Crippen LogP contribution >= 0.6 is 27.3 Å². The van der Waals surface area contributed by atoms with E-state index in [-0.39, 0.29) is 6.04 Å². The third kappa shape index (κ3) is 3.60. The van der Waals surface area contributed by atoms with Gasteiger partial charge in [0, 0.05) is 27.3 Å². The molecule has 0 aliphatic heterocycles. The number of hydrogen-bond acceptors (Lipinski definition) is 4. The molecule has 0 bridgehead atoms. The first-order chi connectivity index (χ1) is 8.69. The number of thiophene rings is 1. The van der Waals surface area contributed by atoms with Crippen LogP contribution in [0.4, 0.5) is 0 Å². The number of nitrogens with one attached hydrogen (secondary N) is 1. The van der Waals surface area contributed by atoms with E-state index in [2.05, 4.69) is 49.6 Å². The fourth-order valence-corrected chi connectivity index (χ4v) is 3.36. The Bertz CT molecular complexity index is 512. The predicted octanol–water partition coefficient (Wildman–Crippen LogP) is 3.50. The minimum absolute atomic E-state index is 0.252. The minimum atomic E-state index is 0.252. The van der Waals surface area contributed by atoms with Crippen LogP contribution in [0.3, 0.4) is 0 Å². The van der Waals surface area contributed by atoms with Crippen molar-refractivity contribution in [2.45, 2.75) is 26.3 Å². The molecule has 96 valence electrons. The summed E-state index contributed by atoms with van der Waals surface area (Å²) in [5, 5.41) is 5.60. The number of hydrogen-bond donors (Lipinski definition) is 1. The summed E-state index contributed by atoms with van der Waals surface area (Å²) in [7, 11) is 0. The fraction of sp³-hybridized carbons (Fsp3) is 0.385. The SMILES string of the molecule is CCNC(Cc1cc(Br)cs1)c1ccnc(C)n1. The molecule has 2 rings (SSSR count). The van der Waals surface area contributed by atoms with Crippen LogP contribution in [0.2, 0.25) is 0 Å². The summed E-state index contributed by atoms with van der Waals surface area (Å²) in [6, 6.07) is 4.41. The molecule has 1 unspecified atom stereocenters. The minimum Gasteiger partial charge on any atom is -0.309 e. The normalized spacial score (nSPS) is 12.6. The van der Waals surface area contributed by atoms with E-state index >= 15 is 0 Å². The molecule has 0 saturated carbocycles. The van der Waals surface area contributed by atoms with Gasteiger partial charge in [-0.2, -0.15) is 0 Å². The van der Waals surface area contributed by atoms with E-state index in [1.165, 1.54) is 4.88 Å². The lowest BCUT2D eigenvalue weighted by atomic mass is 10.1. The highest BCUT2D eigenvalue weighted by atomic mass is 79.9. The lowest BCUT2D eigenvalue weighted by Gasteiger charge is -2.16. The van der Waals surface area contributed by atoms with Crippen molar-refractivity contribution in [2.24, 2.45) is 0 Å². The molecule has 2 aromatic heterocycles. The van der Waals surface area contributed by atoms with Crippen molar-refractivity contribution in [3.05, 3.63) is 44.6 Å². The largest absolute Gasteiger partial charge is 0.309 e. The van der Waals surface area contributed by atoms with E-state index in [1.807, 2.05) is 19.2 Å². The van der Waals surface area contributed by atoms with Crippen LogP contribution < -0.4 is 5.32 Å². The van der Waals surface area contributed by atoms with Crippen LogP contribution in [-0.2, 0) is 6.42 Å². The highest BCUT2D eigenvalue weighted by Crippen LogP contribution is 2.24. The summed E-state index contributed by atoms with van der Waals surface area (Å²) >= 11 is 5.27. The highest BCUT2D eigenvalue weighted by Gasteiger charge is 2.14. The number of aromatic nitrogens is 2. The summed E-state index contributed by atoms with van der Waals surface area (Å²) in [6.07, 6.45) is 2.78. The first kappa shape index (κ1) is 13.6. The van der Waals surface area contributed by atoms with Gasteiger partial charge in [-0.1, -0.05) is 6.92 Å². The van der Waals surface area contributed by atoms with Gasteiger partial charge in [0.15, 0.2) is 0 Å². The lowest BCUT2D eigenvalue weighted by molar-refractivity contribution is 0.537. The van der Waals surface area contributed by atoms with E-state index in [1.54, 1.807) is 11.3 Å². The summed E-state index contributed by atoms with van der Waals surface area (Å²) in [6.45, 7) is 4.97. The predicted molar refractivity (Wildman–Crippen MR) is 78.9 cm³/mol. The zero-order valence-electron chi connectivity index (χ0n) is 10.5. The first-order valence-electron chi connectivity index (χ1n) is 5.95. The van der Waals surface area contributed by atoms with Gasteiger partial charge in [0.1, 0.15) is 5.82 Å². The average Bonchev–Trinajstić information content (AvgIpc) is 2.74. The van der Waals surface area contributed by atoms with Gasteiger partial charge in [0.25, 0.3) is 0 Å². The van der Waals surface area contributed by atoms with Gasteiger partial charge in [-0.15, -0.1) is 11.3 Å². The Hall–Kier alpha value is -0.780. The Labute approximate surface area is 120 Å². The van der Waals surface area contributed by atoms with Gasteiger partial charge in [0.2, 0.25) is 0 Å². The molecule has 3 nitrogen and oxygen atoms in total. The molecule has 0 spiro atoms. The summed E-state index contributed by atoms with van der Waals surface area (Å²) < 4.78 is 1.15. The van der Waals surface area contributed by atoms with Crippen molar-refractivity contribution in [1.82, 2.24) is 15.3 Å². The molecule has 1 atom stereocenters. The second-order valence-corrected chi connectivity index (χ2v) is 5.99. The number of halogens is 1. The number of rotatable bonds is 5. The van der Waals surface area contributed by atoms with Gasteiger partial charge in [0.05, 0.1) is 11.7 Å². The monoisotopic (exact) mass is 325 g/mol. The van der Waals surface area contributed by atoms with Crippen LogP contribution in [0, 0.1) is 6.92 Å². The third-order valence-electron chi connectivity index (χ3n) is 2.63. The molecule has 0 aromatic carbocycles. The summed E-state index contributed by atoms with van der Waals surface area (Å²) in [4.78, 5) is 10.0. The van der Waals surface area contributed by atoms with Crippen LogP contribution in [0.5, 0.6) is 0 Å². The fourth-order valence-electron chi connectivity index (χ4n) is 1.86. The molecule has 0 saturated heterocycles. The molecule has 5 heteroatoms. The first-order valence-corrected chi connectivity index (χ1v) is 7.62. The smallest absolute Gasteiger partial charge is 0.125 e. The maximum absolute atomic E-state index is 4.51. The lowest BCUT2D eigenvalue weighted by Crippen LogP contribution is -2.24. The average molecular weight is 326 g/mol. The molecule has 2 heterocycles. The van der Waals surface area contributed by atoms with Gasteiger partial charge in [-0.05, 0) is 41.5 Å². The van der Waals surface area contributed by atoms with Crippen LogP contribution in [0.1, 0.15) is 29.4 Å². The third-order valence-corrected chi connectivity index (χ3v) is 4.35. The zero-order valence-corrected chi connectivity index (χ0v) is 12.9. The zero-order chi connectivity index (χ0) is 13.0. The Morgan fingerprint density at radius 2 is 2.33 bits per heavy atom. The van der Waals surface area contributed by atoms with E-state index in [0.29, 0.717) is 0 Å². The topological polar surface area (TPSA) is 37.8 Å². The Morgan fingerprint density at radius 1 is 1.50 bits per heavy atom. The molecule has 0 fully saturated rings. The maximum Gasteiger partial charge on any atom is 0.125 e. The molecule has 0 aliphatic carbocycles. The van der Waals surface area contributed by atoms with E-state index in [4.69, 9.17) is 0 Å². The van der Waals surface area contributed by atoms with E-state index in [9.17, 15) is 0 Å². The number of aryl methyl sites for hydroxylation is 1. The van der Waals surface area contributed by atoms with Crippen LogP contribution in [0.15, 0.2) is 28.2 Å². The molecular formula is C13H16BrN3S. The Balaban J connectivity index is 2.17. The van der Waals surface area contributed by atoms with Crippen molar-refractivity contribution >= 4 is 27.3 Å². The quantitative estimate of drug-likeness (QED) is 0.914. The van der Waals surface area contributed by atoms with Crippen molar-refractivity contribution in [3.63, 3.8) is 0 Å². The Morgan fingerprint density at radius 3 is 2.94 bits per heavy atom. The van der Waals surface area contributed by atoms with E-state index < -0.39 is 0 Å². The van der Waals surface area contributed by atoms with E-state index in [0.717, 1.165) is 29.0 Å². The Kier molecular flexibility index (Phi) is 4.86. The second kappa shape index (κ2) is 6.41. The van der Waals surface area contributed by atoms with Crippen molar-refractivity contribution < 1.29 is 0 Å². The molecule has 0 radical (unpaired) electrons. The van der Waals surface area contributed by atoms with Gasteiger partial charge >= 0.3 is 0 Å². The standard InChI is InChI=1S/C13H16BrN3S/c1-3-15-13(7-11-6-10(14)8-18-11)12-4-5-16-9(2)17-12/h4-6,8,13,15H,3,7H2,1-2H3. The highest BCUT2D eigenvalue weighted by molar-refractivity contribution is 9.10. The number of likely N-dealkylation sites (N-methyl/N-ethyl adjacent to an activating group) is 1. The molecule has 1 N–H and O–H groups in total. The van der Waals surface area contributed by atoms with Crippen molar-refractivity contribution in [1.29, 1.82) is 0 Å². The molecule has 0 amide bonds. The second-order valence-electron chi connectivity index (χ2n) is 4.07. The van der Waals surface area contributed by atoms with Crippen molar-refractivity contribution in [3.8, 4) is 0 Å². The maximum atomic E-state index is 4.51. The molecule has 2 aromatic rings. The van der Waals surface area contributed by atoms with Crippen molar-refractivity contribution in [2.75, 3.05) is 6.54 Å².